The minimum absolute atomic E-state index is 0.169. The van der Waals surface area contributed by atoms with E-state index in [1.54, 1.807) is 41.5 Å². The SMILES string of the molecule is CCCCCCC1CC([C@@](CCCCN)(NC(=O)OC(C)(C)C)C(=O)N2CCC[C@H]2C(=O)OC(C)(C)C)C(=O)O1. The van der Waals surface area contributed by atoms with Gasteiger partial charge in [-0.05, 0) is 93.0 Å². The van der Waals surface area contributed by atoms with Crippen LogP contribution in [0.3, 0.4) is 0 Å². The van der Waals surface area contributed by atoms with Crippen molar-refractivity contribution >= 4 is 23.9 Å². The van der Waals surface area contributed by atoms with Crippen LogP contribution in [-0.2, 0) is 28.6 Å². The maximum Gasteiger partial charge on any atom is 0.408 e. The van der Waals surface area contributed by atoms with Gasteiger partial charge in [0.2, 0.25) is 5.91 Å². The predicted molar refractivity (Wildman–Crippen MR) is 152 cm³/mol. The number of carbonyl (C=O) groups excluding carboxylic acids is 4. The van der Waals surface area contributed by atoms with Crippen LogP contribution >= 0.6 is 0 Å². The number of alkyl carbamates (subject to hydrolysis) is 1. The Morgan fingerprint density at radius 3 is 2.27 bits per heavy atom. The Bertz CT molecular complexity index is 880. The molecule has 2 aliphatic rings. The van der Waals surface area contributed by atoms with Crippen LogP contribution in [0.2, 0.25) is 0 Å². The van der Waals surface area contributed by atoms with E-state index in [0.717, 1.165) is 25.7 Å². The number of esters is 2. The van der Waals surface area contributed by atoms with E-state index in [9.17, 15) is 19.2 Å². The molecule has 2 rings (SSSR count). The summed E-state index contributed by atoms with van der Waals surface area (Å²) < 4.78 is 17.0. The Balaban J connectivity index is 2.48. The summed E-state index contributed by atoms with van der Waals surface area (Å²) in [6.45, 7) is 13.4. The van der Waals surface area contributed by atoms with Gasteiger partial charge < -0.3 is 30.2 Å². The first-order valence-corrected chi connectivity index (χ1v) is 15.1. The zero-order chi connectivity index (χ0) is 30.1. The highest BCUT2D eigenvalue weighted by molar-refractivity contribution is 5.98. The van der Waals surface area contributed by atoms with E-state index in [1.807, 2.05) is 0 Å². The lowest BCUT2D eigenvalue weighted by Crippen LogP contribution is -2.66. The molecule has 40 heavy (non-hydrogen) atoms. The number of unbranched alkanes of at least 4 members (excludes halogenated alkanes) is 4. The van der Waals surface area contributed by atoms with Crippen LogP contribution in [0.25, 0.3) is 0 Å². The lowest BCUT2D eigenvalue weighted by atomic mass is 9.76. The summed E-state index contributed by atoms with van der Waals surface area (Å²) in [6.07, 6.45) is 6.35. The van der Waals surface area contributed by atoms with Gasteiger partial charge in [0.1, 0.15) is 28.9 Å². The van der Waals surface area contributed by atoms with Crippen molar-refractivity contribution < 1.29 is 33.4 Å². The van der Waals surface area contributed by atoms with Gasteiger partial charge in [0.15, 0.2) is 0 Å². The van der Waals surface area contributed by atoms with Crippen LogP contribution in [0, 0.1) is 5.92 Å². The first-order valence-electron chi connectivity index (χ1n) is 15.1. The average Bonchev–Trinajstić information content (AvgIpc) is 3.45. The molecule has 0 saturated carbocycles. The fraction of sp³-hybridized carbons (Fsp3) is 0.867. The number of amides is 2. The number of carbonyl (C=O) groups is 4. The number of hydrogen-bond acceptors (Lipinski definition) is 8. The summed E-state index contributed by atoms with van der Waals surface area (Å²) >= 11 is 0. The van der Waals surface area contributed by atoms with Crippen molar-refractivity contribution in [3.8, 4) is 0 Å². The standard InChI is InChI=1S/C30H53N3O7/c1-8-9-10-11-15-21-20-22(24(34)38-21)30(17-12-13-18-31,32-27(37)40-29(5,6)7)26(36)33-19-14-16-23(33)25(35)39-28(2,3)4/h21-23H,8-20,31H2,1-7H3,(H,32,37)/t21?,22?,23-,30+/m0/s1. The van der Waals surface area contributed by atoms with E-state index in [-0.39, 0.29) is 12.5 Å². The summed E-state index contributed by atoms with van der Waals surface area (Å²) in [5, 5.41) is 2.85. The second-order valence-electron chi connectivity index (χ2n) is 13.2. The van der Waals surface area contributed by atoms with Gasteiger partial charge in [-0.3, -0.25) is 9.59 Å². The number of cyclic esters (lactones) is 1. The zero-order valence-corrected chi connectivity index (χ0v) is 25.8. The Labute approximate surface area is 240 Å². The van der Waals surface area contributed by atoms with E-state index in [4.69, 9.17) is 19.9 Å². The number of nitrogens with two attached hydrogens (primary N) is 1. The van der Waals surface area contributed by atoms with Crippen molar-refractivity contribution in [1.29, 1.82) is 0 Å². The highest BCUT2D eigenvalue weighted by atomic mass is 16.6. The van der Waals surface area contributed by atoms with E-state index in [1.165, 1.54) is 4.90 Å². The van der Waals surface area contributed by atoms with Crippen LogP contribution in [0.5, 0.6) is 0 Å². The van der Waals surface area contributed by atoms with Gasteiger partial charge in [0, 0.05) is 13.0 Å². The van der Waals surface area contributed by atoms with E-state index >= 15 is 0 Å². The Hall–Kier alpha value is -2.36. The van der Waals surface area contributed by atoms with Gasteiger partial charge in [-0.25, -0.2) is 9.59 Å². The largest absolute Gasteiger partial charge is 0.462 e. The molecule has 0 aromatic heterocycles. The predicted octanol–water partition coefficient (Wildman–Crippen LogP) is 4.61. The third kappa shape index (κ3) is 9.63. The Morgan fingerprint density at radius 1 is 1.00 bits per heavy atom. The summed E-state index contributed by atoms with van der Waals surface area (Å²) in [5.74, 6) is -2.39. The van der Waals surface area contributed by atoms with Gasteiger partial charge >= 0.3 is 18.0 Å². The Kier molecular flexibility index (Phi) is 12.3. The summed E-state index contributed by atoms with van der Waals surface area (Å²) in [7, 11) is 0. The van der Waals surface area contributed by atoms with Crippen molar-refractivity contribution in [3.05, 3.63) is 0 Å². The molecule has 230 valence electrons. The fourth-order valence-corrected chi connectivity index (χ4v) is 5.58. The van der Waals surface area contributed by atoms with Crippen LogP contribution < -0.4 is 11.1 Å². The highest BCUT2D eigenvalue weighted by Gasteiger charge is 2.58. The first kappa shape index (κ1) is 33.8. The maximum absolute atomic E-state index is 14.6. The highest BCUT2D eigenvalue weighted by Crippen LogP contribution is 2.39. The van der Waals surface area contributed by atoms with Gasteiger partial charge in [0.25, 0.3) is 0 Å². The van der Waals surface area contributed by atoms with Crippen molar-refractivity contribution in [2.45, 2.75) is 148 Å². The normalized spacial score (nSPS) is 22.9. The second kappa shape index (κ2) is 14.5. The molecular formula is C30H53N3O7. The molecule has 2 unspecified atom stereocenters. The van der Waals surface area contributed by atoms with Gasteiger partial charge in [-0.2, -0.15) is 0 Å². The molecule has 0 aromatic carbocycles. The van der Waals surface area contributed by atoms with E-state index < -0.39 is 52.6 Å². The molecule has 0 spiro atoms. The molecule has 2 saturated heterocycles. The monoisotopic (exact) mass is 567 g/mol. The molecule has 4 atom stereocenters. The second-order valence-corrected chi connectivity index (χ2v) is 13.2. The lowest BCUT2D eigenvalue weighted by Gasteiger charge is -2.41. The number of ether oxygens (including phenoxy) is 3. The van der Waals surface area contributed by atoms with E-state index in [0.29, 0.717) is 51.6 Å². The number of rotatable bonds is 13. The molecule has 10 heteroatoms. The molecule has 2 aliphatic heterocycles. The topological polar surface area (TPSA) is 137 Å². The van der Waals surface area contributed by atoms with Crippen molar-refractivity contribution in [2.75, 3.05) is 13.1 Å². The number of hydrogen-bond donors (Lipinski definition) is 2. The van der Waals surface area contributed by atoms with Crippen molar-refractivity contribution in [3.63, 3.8) is 0 Å². The molecule has 0 aromatic rings. The van der Waals surface area contributed by atoms with E-state index in [2.05, 4.69) is 12.2 Å². The molecule has 0 bridgehead atoms. The molecule has 2 amide bonds. The lowest BCUT2D eigenvalue weighted by molar-refractivity contribution is -0.165. The molecule has 0 radical (unpaired) electrons. The average molecular weight is 568 g/mol. The summed E-state index contributed by atoms with van der Waals surface area (Å²) in [5.41, 5.74) is 2.60. The number of nitrogens with one attached hydrogen (secondary N) is 1. The minimum Gasteiger partial charge on any atom is -0.462 e. The van der Waals surface area contributed by atoms with Crippen molar-refractivity contribution in [1.82, 2.24) is 10.2 Å². The molecule has 2 fully saturated rings. The summed E-state index contributed by atoms with van der Waals surface area (Å²) in [4.78, 5) is 55.9. The third-order valence-corrected chi connectivity index (χ3v) is 7.36. The molecule has 10 nitrogen and oxygen atoms in total. The quantitative estimate of drug-likeness (QED) is 0.187. The fourth-order valence-electron chi connectivity index (χ4n) is 5.58. The molecule has 2 heterocycles. The van der Waals surface area contributed by atoms with Crippen LogP contribution in [0.4, 0.5) is 4.79 Å². The minimum atomic E-state index is -1.64. The molecular weight excluding hydrogens is 514 g/mol. The Morgan fingerprint density at radius 2 is 1.68 bits per heavy atom. The van der Waals surface area contributed by atoms with Gasteiger partial charge in [-0.15, -0.1) is 0 Å². The van der Waals surface area contributed by atoms with Gasteiger partial charge in [0.05, 0.1) is 5.92 Å². The van der Waals surface area contributed by atoms with Crippen LogP contribution in [-0.4, -0.2) is 70.8 Å². The van der Waals surface area contributed by atoms with Crippen LogP contribution in [0.1, 0.15) is 119 Å². The zero-order valence-electron chi connectivity index (χ0n) is 25.8. The number of nitrogens with zero attached hydrogens (tertiary/aromatic N) is 1. The first-order chi connectivity index (χ1) is 18.6. The van der Waals surface area contributed by atoms with Crippen molar-refractivity contribution in [2.24, 2.45) is 11.7 Å². The number of likely N-dealkylation sites (tertiary alicyclic amines) is 1. The third-order valence-electron chi connectivity index (χ3n) is 7.36. The smallest absolute Gasteiger partial charge is 0.408 e. The summed E-state index contributed by atoms with van der Waals surface area (Å²) in [6, 6.07) is -0.802. The maximum atomic E-state index is 14.6. The van der Waals surface area contributed by atoms with Gasteiger partial charge in [-0.1, -0.05) is 26.2 Å². The molecule has 3 N–H and O–H groups in total. The molecule has 0 aliphatic carbocycles. The van der Waals surface area contributed by atoms with Crippen LogP contribution in [0.15, 0.2) is 0 Å².